The predicted octanol–water partition coefficient (Wildman–Crippen LogP) is 4.26. The van der Waals surface area contributed by atoms with Crippen LogP contribution in [0.15, 0.2) is 78.9 Å². The molecule has 0 aliphatic heterocycles. The van der Waals surface area contributed by atoms with Gasteiger partial charge in [0.05, 0.1) is 19.8 Å². The third-order valence-corrected chi connectivity index (χ3v) is 4.78. The first-order valence-electron chi connectivity index (χ1n) is 9.76. The van der Waals surface area contributed by atoms with E-state index in [9.17, 15) is 4.79 Å². The van der Waals surface area contributed by atoms with Crippen molar-refractivity contribution in [1.29, 1.82) is 0 Å². The molecule has 7 nitrogen and oxygen atoms in total. The molecular formula is C24H22N4O3. The van der Waals surface area contributed by atoms with Crippen molar-refractivity contribution in [1.82, 2.24) is 14.8 Å². The number of aromatic nitrogens is 3. The highest BCUT2D eigenvalue weighted by Gasteiger charge is 2.21. The zero-order valence-corrected chi connectivity index (χ0v) is 17.3. The van der Waals surface area contributed by atoms with E-state index in [1.54, 1.807) is 25.3 Å². The highest BCUT2D eigenvalue weighted by molar-refractivity contribution is 5.99. The van der Waals surface area contributed by atoms with E-state index < -0.39 is 0 Å². The normalized spacial score (nSPS) is 10.5. The topological polar surface area (TPSA) is 78.3 Å². The average Bonchev–Trinajstić information content (AvgIpc) is 3.27. The molecule has 0 saturated heterocycles. The number of rotatable bonds is 7. The molecule has 1 N–H and O–H groups in total. The Morgan fingerprint density at radius 1 is 0.903 bits per heavy atom. The third kappa shape index (κ3) is 4.40. The van der Waals surface area contributed by atoms with Crippen LogP contribution in [0.3, 0.4) is 0 Å². The molecule has 0 unspecified atom stereocenters. The zero-order chi connectivity index (χ0) is 21.6. The molecule has 0 saturated carbocycles. The van der Waals surface area contributed by atoms with Crippen molar-refractivity contribution >= 4 is 11.9 Å². The van der Waals surface area contributed by atoms with Gasteiger partial charge in [-0.1, -0.05) is 42.5 Å². The summed E-state index contributed by atoms with van der Waals surface area (Å²) in [4.78, 5) is 17.9. The second-order valence-corrected chi connectivity index (χ2v) is 6.74. The number of hydrogen-bond donors (Lipinski definition) is 1. The van der Waals surface area contributed by atoms with E-state index in [1.165, 1.54) is 11.8 Å². The Balaban J connectivity index is 1.71. The number of para-hydroxylation sites is 1. The molecule has 0 aliphatic rings. The Hall–Kier alpha value is -4.13. The molecule has 31 heavy (non-hydrogen) atoms. The van der Waals surface area contributed by atoms with Crippen LogP contribution in [0.5, 0.6) is 11.5 Å². The summed E-state index contributed by atoms with van der Waals surface area (Å²) < 4.78 is 11.9. The lowest BCUT2D eigenvalue weighted by Crippen LogP contribution is -2.18. The SMILES string of the molecule is COc1ccc(-c2nc(NCc3ccccc3)n(C(=O)c3ccccc3OC)n2)cc1. The van der Waals surface area contributed by atoms with Crippen molar-refractivity contribution in [3.63, 3.8) is 0 Å². The van der Waals surface area contributed by atoms with Crippen LogP contribution >= 0.6 is 0 Å². The maximum atomic E-state index is 13.3. The maximum absolute atomic E-state index is 13.3. The second-order valence-electron chi connectivity index (χ2n) is 6.74. The lowest BCUT2D eigenvalue weighted by molar-refractivity contribution is 0.0944. The number of benzene rings is 3. The summed E-state index contributed by atoms with van der Waals surface area (Å²) in [6.07, 6.45) is 0. The summed E-state index contributed by atoms with van der Waals surface area (Å²) in [6, 6.07) is 24.3. The summed E-state index contributed by atoms with van der Waals surface area (Å²) in [5, 5.41) is 7.73. The molecule has 4 rings (SSSR count). The number of carbonyl (C=O) groups is 1. The van der Waals surface area contributed by atoms with Gasteiger partial charge in [-0.3, -0.25) is 4.79 Å². The van der Waals surface area contributed by atoms with E-state index in [2.05, 4.69) is 15.4 Å². The van der Waals surface area contributed by atoms with Crippen LogP contribution in [-0.4, -0.2) is 34.9 Å². The van der Waals surface area contributed by atoms with Gasteiger partial charge in [-0.15, -0.1) is 5.10 Å². The fourth-order valence-electron chi connectivity index (χ4n) is 3.14. The summed E-state index contributed by atoms with van der Waals surface area (Å²) in [5.41, 5.74) is 2.24. The molecule has 0 aliphatic carbocycles. The molecule has 7 heteroatoms. The smallest absolute Gasteiger partial charge is 0.285 e. The summed E-state index contributed by atoms with van der Waals surface area (Å²) in [5.74, 6) is 1.66. The average molecular weight is 414 g/mol. The van der Waals surface area contributed by atoms with Crippen molar-refractivity contribution in [3.8, 4) is 22.9 Å². The summed E-state index contributed by atoms with van der Waals surface area (Å²) in [7, 11) is 3.14. The van der Waals surface area contributed by atoms with Gasteiger partial charge in [0.2, 0.25) is 5.95 Å². The Bertz CT molecular complexity index is 1170. The fraction of sp³-hybridized carbons (Fsp3) is 0.125. The van der Waals surface area contributed by atoms with E-state index in [4.69, 9.17) is 9.47 Å². The minimum Gasteiger partial charge on any atom is -0.497 e. The molecule has 0 atom stereocenters. The first kappa shape index (κ1) is 20.2. The van der Waals surface area contributed by atoms with E-state index >= 15 is 0 Å². The molecule has 0 radical (unpaired) electrons. The quantitative estimate of drug-likeness (QED) is 0.487. The van der Waals surface area contributed by atoms with Gasteiger partial charge in [0.1, 0.15) is 11.5 Å². The lowest BCUT2D eigenvalue weighted by Gasteiger charge is -2.09. The highest BCUT2D eigenvalue weighted by atomic mass is 16.5. The first-order chi connectivity index (χ1) is 15.2. The molecule has 0 spiro atoms. The minimum absolute atomic E-state index is 0.333. The van der Waals surface area contributed by atoms with Crippen LogP contribution in [0.4, 0.5) is 5.95 Å². The number of nitrogens with one attached hydrogen (secondary N) is 1. The van der Waals surface area contributed by atoms with Crippen LogP contribution in [0.1, 0.15) is 15.9 Å². The number of nitrogens with zero attached hydrogens (tertiary/aromatic N) is 3. The molecule has 0 fully saturated rings. The molecule has 1 heterocycles. The maximum Gasteiger partial charge on any atom is 0.285 e. The summed E-state index contributed by atoms with van der Waals surface area (Å²) in [6.45, 7) is 0.501. The largest absolute Gasteiger partial charge is 0.497 e. The van der Waals surface area contributed by atoms with Crippen molar-refractivity contribution in [2.24, 2.45) is 0 Å². The van der Waals surface area contributed by atoms with Gasteiger partial charge in [-0.2, -0.15) is 9.67 Å². The highest BCUT2D eigenvalue weighted by Crippen LogP contribution is 2.24. The number of anilines is 1. The first-order valence-corrected chi connectivity index (χ1v) is 9.76. The molecule has 0 amide bonds. The van der Waals surface area contributed by atoms with E-state index in [-0.39, 0.29) is 5.91 Å². The third-order valence-electron chi connectivity index (χ3n) is 4.78. The Morgan fingerprint density at radius 2 is 1.61 bits per heavy atom. The number of ether oxygens (including phenoxy) is 2. The molecule has 156 valence electrons. The van der Waals surface area contributed by atoms with Crippen LogP contribution in [0, 0.1) is 0 Å². The van der Waals surface area contributed by atoms with Crippen molar-refractivity contribution in [2.45, 2.75) is 6.54 Å². The molecular weight excluding hydrogens is 392 g/mol. The molecule has 3 aromatic carbocycles. The van der Waals surface area contributed by atoms with Crippen LogP contribution in [-0.2, 0) is 6.54 Å². The zero-order valence-electron chi connectivity index (χ0n) is 17.3. The number of methoxy groups -OCH3 is 2. The predicted molar refractivity (Wildman–Crippen MR) is 119 cm³/mol. The van der Waals surface area contributed by atoms with Gasteiger partial charge in [0.15, 0.2) is 5.82 Å². The molecule has 1 aromatic heterocycles. The van der Waals surface area contributed by atoms with E-state index in [0.717, 1.165) is 16.9 Å². The minimum atomic E-state index is -0.333. The fourth-order valence-corrected chi connectivity index (χ4v) is 3.14. The van der Waals surface area contributed by atoms with E-state index in [1.807, 2.05) is 60.7 Å². The van der Waals surface area contributed by atoms with Gasteiger partial charge >= 0.3 is 0 Å². The van der Waals surface area contributed by atoms with Gasteiger partial charge in [0, 0.05) is 12.1 Å². The van der Waals surface area contributed by atoms with Gasteiger partial charge in [-0.25, -0.2) is 0 Å². The van der Waals surface area contributed by atoms with E-state index in [0.29, 0.717) is 29.6 Å². The Kier molecular flexibility index (Phi) is 5.93. The van der Waals surface area contributed by atoms with Crippen LogP contribution in [0.2, 0.25) is 0 Å². The van der Waals surface area contributed by atoms with Gasteiger partial charge < -0.3 is 14.8 Å². The molecule has 0 bridgehead atoms. The second kappa shape index (κ2) is 9.13. The number of hydrogen-bond acceptors (Lipinski definition) is 6. The van der Waals surface area contributed by atoms with Crippen LogP contribution < -0.4 is 14.8 Å². The molecule has 4 aromatic rings. The monoisotopic (exact) mass is 414 g/mol. The van der Waals surface area contributed by atoms with Gasteiger partial charge in [-0.05, 0) is 42.0 Å². The van der Waals surface area contributed by atoms with Crippen molar-refractivity contribution < 1.29 is 14.3 Å². The number of carbonyl (C=O) groups excluding carboxylic acids is 1. The van der Waals surface area contributed by atoms with Gasteiger partial charge in [0.25, 0.3) is 5.91 Å². The Labute approximate surface area is 180 Å². The lowest BCUT2D eigenvalue weighted by atomic mass is 10.2. The standard InChI is InChI=1S/C24H22N4O3/c1-30-19-14-12-18(13-15-19)22-26-24(25-16-17-8-4-3-5-9-17)28(27-22)23(29)20-10-6-7-11-21(20)31-2/h3-15H,16H2,1-2H3,(H,25,26,27). The van der Waals surface area contributed by atoms with Crippen molar-refractivity contribution in [3.05, 3.63) is 90.0 Å². The van der Waals surface area contributed by atoms with Crippen LogP contribution in [0.25, 0.3) is 11.4 Å². The Morgan fingerprint density at radius 3 is 2.32 bits per heavy atom. The summed E-state index contributed by atoms with van der Waals surface area (Å²) >= 11 is 0. The van der Waals surface area contributed by atoms with Crippen molar-refractivity contribution in [2.75, 3.05) is 19.5 Å².